The predicted octanol–water partition coefficient (Wildman–Crippen LogP) is 4.66. The van der Waals surface area contributed by atoms with Gasteiger partial charge in [-0.05, 0) is 16.7 Å². The molecule has 0 aromatic rings. The monoisotopic (exact) mass is 182 g/mol. The van der Waals surface area contributed by atoms with Crippen LogP contribution in [0.5, 0.6) is 0 Å². The van der Waals surface area contributed by atoms with E-state index in [4.69, 9.17) is 0 Å². The van der Waals surface area contributed by atoms with Crippen LogP contribution in [0.2, 0.25) is 0 Å². The maximum Gasteiger partial charge on any atom is -0.0168 e. The molecule has 0 spiro atoms. The van der Waals surface area contributed by atoms with Crippen LogP contribution in [0.15, 0.2) is 11.6 Å². The lowest BCUT2D eigenvalue weighted by Gasteiger charge is -2.34. The summed E-state index contributed by atoms with van der Waals surface area (Å²) in [6.07, 6.45) is 2.42. The molecule has 0 amide bonds. The molecule has 0 atom stereocenters. The quantitative estimate of drug-likeness (QED) is 0.517. The van der Waals surface area contributed by atoms with Gasteiger partial charge in [-0.3, -0.25) is 0 Å². The van der Waals surface area contributed by atoms with E-state index in [2.05, 4.69) is 61.5 Å². The van der Waals surface area contributed by atoms with Crippen LogP contribution in [0.25, 0.3) is 0 Å². The summed E-state index contributed by atoms with van der Waals surface area (Å²) in [6.45, 7) is 18.3. The molecule has 0 aromatic heterocycles. The molecule has 0 radical (unpaired) electrons. The third-order valence-electron chi connectivity index (χ3n) is 2.12. The fraction of sp³-hybridized carbons (Fsp3) is 0.846. The molecule has 0 saturated carbocycles. The second-order valence-corrected chi connectivity index (χ2v) is 6.32. The summed E-state index contributed by atoms with van der Waals surface area (Å²) in [5.74, 6) is 0.647. The maximum absolute atomic E-state index is 2.42. The number of allylic oxidation sites excluding steroid dienone is 2. The lowest BCUT2D eigenvalue weighted by molar-refractivity contribution is 0.357. The summed E-state index contributed by atoms with van der Waals surface area (Å²) in [5, 5.41) is 0. The Kier molecular flexibility index (Phi) is 3.78. The Bertz CT molecular complexity index is 165. The van der Waals surface area contributed by atoms with Crippen LogP contribution in [0.1, 0.15) is 55.4 Å². The first-order chi connectivity index (χ1) is 5.55. The van der Waals surface area contributed by atoms with Crippen LogP contribution in [-0.2, 0) is 0 Å². The van der Waals surface area contributed by atoms with Crippen molar-refractivity contribution >= 4 is 0 Å². The summed E-state index contributed by atoms with van der Waals surface area (Å²) < 4.78 is 0. The van der Waals surface area contributed by atoms with Crippen molar-refractivity contribution in [3.63, 3.8) is 0 Å². The molecule has 0 aliphatic rings. The summed E-state index contributed by atoms with van der Waals surface area (Å²) >= 11 is 0. The zero-order valence-corrected chi connectivity index (χ0v) is 10.7. The average Bonchev–Trinajstić information content (AvgIpc) is 1.77. The fourth-order valence-corrected chi connectivity index (χ4v) is 1.96. The van der Waals surface area contributed by atoms with Crippen LogP contribution in [0.4, 0.5) is 0 Å². The molecule has 0 nitrogen and oxygen atoms in total. The lowest BCUT2D eigenvalue weighted by Crippen LogP contribution is -2.23. The van der Waals surface area contributed by atoms with E-state index in [1.165, 1.54) is 0 Å². The largest absolute Gasteiger partial charge is 0.0817 e. The second-order valence-electron chi connectivity index (χ2n) is 6.32. The zero-order valence-electron chi connectivity index (χ0n) is 10.7. The van der Waals surface area contributed by atoms with E-state index in [1.807, 2.05) is 0 Å². The zero-order chi connectivity index (χ0) is 10.9. The highest BCUT2D eigenvalue weighted by atomic mass is 14.3. The topological polar surface area (TPSA) is 0 Å². The van der Waals surface area contributed by atoms with E-state index in [0.29, 0.717) is 16.7 Å². The van der Waals surface area contributed by atoms with Crippen LogP contribution in [0.3, 0.4) is 0 Å². The normalized spacial score (nSPS) is 13.3. The van der Waals surface area contributed by atoms with Crippen LogP contribution in [0, 0.1) is 16.7 Å². The minimum absolute atomic E-state index is 0.294. The van der Waals surface area contributed by atoms with Gasteiger partial charge in [-0.15, -0.1) is 0 Å². The van der Waals surface area contributed by atoms with Gasteiger partial charge in [0, 0.05) is 0 Å². The highest BCUT2D eigenvalue weighted by molar-refractivity contribution is 5.18. The molecule has 0 bridgehead atoms. The highest BCUT2D eigenvalue weighted by Crippen LogP contribution is 2.39. The molecule has 0 aromatic carbocycles. The van der Waals surface area contributed by atoms with Gasteiger partial charge in [0.05, 0.1) is 0 Å². The highest BCUT2D eigenvalue weighted by Gasteiger charge is 2.27. The van der Waals surface area contributed by atoms with Gasteiger partial charge in [0.2, 0.25) is 0 Å². The third-order valence-corrected chi connectivity index (χ3v) is 2.12. The Morgan fingerprint density at radius 2 is 1.15 bits per heavy atom. The Balaban J connectivity index is 5.01. The lowest BCUT2D eigenvalue weighted by atomic mass is 9.71. The van der Waals surface area contributed by atoms with Crippen molar-refractivity contribution < 1.29 is 0 Å². The van der Waals surface area contributed by atoms with E-state index in [0.717, 1.165) is 0 Å². The summed E-state index contributed by atoms with van der Waals surface area (Å²) in [7, 11) is 0. The molecule has 0 heteroatoms. The van der Waals surface area contributed by atoms with Crippen molar-refractivity contribution in [1.82, 2.24) is 0 Å². The molecule has 0 saturated heterocycles. The summed E-state index contributed by atoms with van der Waals surface area (Å²) in [4.78, 5) is 0. The molecule has 0 aliphatic heterocycles. The fourth-order valence-electron chi connectivity index (χ4n) is 1.96. The molecule has 0 unspecified atom stereocenters. The van der Waals surface area contributed by atoms with Crippen molar-refractivity contribution in [1.29, 1.82) is 0 Å². The standard InChI is InChI=1S/C13H26/c1-10(2)9-11(12(3,4)5)13(6,7)8/h9-10H,1-8H3. The first-order valence-corrected chi connectivity index (χ1v) is 5.28. The van der Waals surface area contributed by atoms with Gasteiger partial charge in [-0.1, -0.05) is 67.0 Å². The van der Waals surface area contributed by atoms with E-state index < -0.39 is 0 Å². The number of rotatable bonds is 1. The third kappa shape index (κ3) is 4.50. The van der Waals surface area contributed by atoms with E-state index in [9.17, 15) is 0 Å². The summed E-state index contributed by atoms with van der Waals surface area (Å²) in [6, 6.07) is 0. The molecular formula is C13H26. The average molecular weight is 182 g/mol. The minimum Gasteiger partial charge on any atom is -0.0817 e. The Labute approximate surface area is 84.4 Å². The minimum atomic E-state index is 0.294. The maximum atomic E-state index is 2.42. The van der Waals surface area contributed by atoms with Gasteiger partial charge in [0.25, 0.3) is 0 Å². The Morgan fingerprint density at radius 1 is 0.846 bits per heavy atom. The van der Waals surface area contributed by atoms with Crippen molar-refractivity contribution in [2.24, 2.45) is 16.7 Å². The van der Waals surface area contributed by atoms with Gasteiger partial charge in [0.1, 0.15) is 0 Å². The molecule has 0 rings (SSSR count). The number of hydrogen-bond acceptors (Lipinski definition) is 0. The summed E-state index contributed by atoms with van der Waals surface area (Å²) in [5.41, 5.74) is 2.15. The van der Waals surface area contributed by atoms with Crippen molar-refractivity contribution in [3.05, 3.63) is 11.6 Å². The number of hydrogen-bond donors (Lipinski definition) is 0. The SMILES string of the molecule is CC(C)C=C(C(C)(C)C)C(C)(C)C. The van der Waals surface area contributed by atoms with E-state index in [1.54, 1.807) is 5.57 Å². The van der Waals surface area contributed by atoms with Gasteiger partial charge in [-0.25, -0.2) is 0 Å². The Morgan fingerprint density at radius 3 is 1.23 bits per heavy atom. The molecule has 0 N–H and O–H groups in total. The van der Waals surface area contributed by atoms with Crippen LogP contribution < -0.4 is 0 Å². The first-order valence-electron chi connectivity index (χ1n) is 5.28. The van der Waals surface area contributed by atoms with Gasteiger partial charge in [-0.2, -0.15) is 0 Å². The molecule has 0 heterocycles. The molecule has 0 aliphatic carbocycles. The smallest absolute Gasteiger partial charge is 0.0168 e. The van der Waals surface area contributed by atoms with Gasteiger partial charge in [0.15, 0.2) is 0 Å². The molecule has 13 heavy (non-hydrogen) atoms. The van der Waals surface area contributed by atoms with Crippen LogP contribution in [-0.4, -0.2) is 0 Å². The van der Waals surface area contributed by atoms with Crippen LogP contribution >= 0.6 is 0 Å². The van der Waals surface area contributed by atoms with Crippen molar-refractivity contribution in [2.45, 2.75) is 55.4 Å². The van der Waals surface area contributed by atoms with E-state index in [-0.39, 0.29) is 0 Å². The molecule has 0 fully saturated rings. The van der Waals surface area contributed by atoms with Gasteiger partial charge >= 0.3 is 0 Å². The predicted molar refractivity (Wildman–Crippen MR) is 61.8 cm³/mol. The van der Waals surface area contributed by atoms with Crippen molar-refractivity contribution in [2.75, 3.05) is 0 Å². The molecular weight excluding hydrogens is 156 g/mol. The van der Waals surface area contributed by atoms with Gasteiger partial charge < -0.3 is 0 Å². The van der Waals surface area contributed by atoms with Crippen molar-refractivity contribution in [3.8, 4) is 0 Å². The molecule has 78 valence electrons. The first kappa shape index (κ1) is 12.7. The van der Waals surface area contributed by atoms with E-state index >= 15 is 0 Å². The second kappa shape index (κ2) is 3.86. The Hall–Kier alpha value is -0.260.